The number of Topliss-reactive ketones (excluding diaryl/α,β-unsaturated/α-hetero) is 1. The van der Waals surface area contributed by atoms with Gasteiger partial charge >= 0.3 is 0 Å². The van der Waals surface area contributed by atoms with Gasteiger partial charge in [0.2, 0.25) is 0 Å². The lowest BCUT2D eigenvalue weighted by Gasteiger charge is -2.22. The summed E-state index contributed by atoms with van der Waals surface area (Å²) in [5.41, 5.74) is 1.39. The molecule has 1 rings (SSSR count). The lowest BCUT2D eigenvalue weighted by Crippen LogP contribution is -2.15. The fourth-order valence-electron chi connectivity index (χ4n) is 2.43. The highest BCUT2D eigenvalue weighted by atomic mass is 79.9. The Balaban J connectivity index is 2.50. The van der Waals surface area contributed by atoms with Gasteiger partial charge in [-0.2, -0.15) is 0 Å². The summed E-state index contributed by atoms with van der Waals surface area (Å²) in [5, 5.41) is 0. The largest absolute Gasteiger partial charge is 0.299 e. The number of hydrogen-bond donors (Lipinski definition) is 0. The minimum absolute atomic E-state index is 0.299. The average Bonchev–Trinajstić information content (AvgIpc) is 2.18. The summed E-state index contributed by atoms with van der Waals surface area (Å²) in [7, 11) is 0. The third-order valence-corrected chi connectivity index (χ3v) is 3.66. The summed E-state index contributed by atoms with van der Waals surface area (Å²) in [5.74, 6) is 0.790. The predicted octanol–water partition coefficient (Wildman–Crippen LogP) is 5.02. The van der Waals surface area contributed by atoms with E-state index in [9.17, 15) is 4.79 Å². The standard InChI is InChI=1S/C16H23BrO/c1-12(11-16(2,3)4)9-14(18)10-13-7-5-6-8-15(13)17/h5-8,12H,9-11H2,1-4H3. The van der Waals surface area contributed by atoms with E-state index in [0.717, 1.165) is 16.5 Å². The lowest BCUT2D eigenvalue weighted by atomic mass is 9.83. The molecule has 18 heavy (non-hydrogen) atoms. The average molecular weight is 311 g/mol. The van der Waals surface area contributed by atoms with Gasteiger partial charge in [0.25, 0.3) is 0 Å². The molecule has 0 saturated heterocycles. The van der Waals surface area contributed by atoms with Crippen molar-refractivity contribution < 1.29 is 4.79 Å². The van der Waals surface area contributed by atoms with E-state index in [4.69, 9.17) is 0 Å². The van der Waals surface area contributed by atoms with E-state index in [1.54, 1.807) is 0 Å². The van der Waals surface area contributed by atoms with Gasteiger partial charge in [0.05, 0.1) is 0 Å². The maximum Gasteiger partial charge on any atom is 0.137 e. The Hall–Kier alpha value is -0.630. The van der Waals surface area contributed by atoms with Crippen LogP contribution in [0.5, 0.6) is 0 Å². The molecule has 0 heterocycles. The third-order valence-electron chi connectivity index (χ3n) is 2.88. The first-order chi connectivity index (χ1) is 8.28. The summed E-state index contributed by atoms with van der Waals surface area (Å²) in [4.78, 5) is 12.0. The van der Waals surface area contributed by atoms with Crippen LogP contribution in [0.15, 0.2) is 28.7 Å². The number of rotatable bonds is 5. The van der Waals surface area contributed by atoms with Gasteiger partial charge in [-0.1, -0.05) is 61.8 Å². The van der Waals surface area contributed by atoms with Crippen LogP contribution >= 0.6 is 15.9 Å². The molecule has 0 amide bonds. The van der Waals surface area contributed by atoms with Crippen LogP contribution in [0.2, 0.25) is 0 Å². The molecule has 1 aromatic carbocycles. The molecule has 1 nitrogen and oxygen atoms in total. The zero-order chi connectivity index (χ0) is 13.8. The SMILES string of the molecule is CC(CC(=O)Cc1ccccc1Br)CC(C)(C)C. The van der Waals surface area contributed by atoms with E-state index in [2.05, 4.69) is 43.6 Å². The van der Waals surface area contributed by atoms with E-state index in [-0.39, 0.29) is 0 Å². The van der Waals surface area contributed by atoms with Gasteiger partial charge in [-0.15, -0.1) is 0 Å². The van der Waals surface area contributed by atoms with Crippen molar-refractivity contribution >= 4 is 21.7 Å². The van der Waals surface area contributed by atoms with Crippen LogP contribution in [0.1, 0.15) is 46.1 Å². The maximum absolute atomic E-state index is 12.0. The molecule has 0 aliphatic heterocycles. The number of carbonyl (C=O) groups is 1. The third kappa shape index (κ3) is 5.81. The highest BCUT2D eigenvalue weighted by Crippen LogP contribution is 2.26. The van der Waals surface area contributed by atoms with Crippen LogP contribution in [-0.4, -0.2) is 5.78 Å². The Morgan fingerprint density at radius 1 is 1.28 bits per heavy atom. The number of halogens is 1. The molecule has 0 fully saturated rings. The maximum atomic E-state index is 12.0. The normalized spacial score (nSPS) is 13.4. The van der Waals surface area contributed by atoms with E-state index in [0.29, 0.717) is 30.0 Å². The Bertz CT molecular complexity index is 404. The first-order valence-corrected chi connectivity index (χ1v) is 7.32. The minimum Gasteiger partial charge on any atom is -0.299 e. The molecule has 0 bridgehead atoms. The van der Waals surface area contributed by atoms with Gasteiger partial charge in [-0.25, -0.2) is 0 Å². The first-order valence-electron chi connectivity index (χ1n) is 6.53. The van der Waals surface area contributed by atoms with Crippen molar-refractivity contribution in [2.24, 2.45) is 11.3 Å². The molecule has 2 heteroatoms. The molecule has 0 radical (unpaired) electrons. The van der Waals surface area contributed by atoms with E-state index < -0.39 is 0 Å². The van der Waals surface area contributed by atoms with Gasteiger partial charge in [0, 0.05) is 17.3 Å². The Kier molecular flexibility index (Phi) is 5.58. The quantitative estimate of drug-likeness (QED) is 0.746. The highest BCUT2D eigenvalue weighted by molar-refractivity contribution is 9.10. The second-order valence-corrected chi connectivity index (χ2v) is 7.24. The van der Waals surface area contributed by atoms with Crippen LogP contribution in [0.4, 0.5) is 0 Å². The Morgan fingerprint density at radius 2 is 1.89 bits per heavy atom. The van der Waals surface area contributed by atoms with Crippen molar-refractivity contribution in [3.63, 3.8) is 0 Å². The van der Waals surface area contributed by atoms with Crippen LogP contribution in [0, 0.1) is 11.3 Å². The van der Waals surface area contributed by atoms with Gasteiger partial charge in [-0.05, 0) is 29.4 Å². The van der Waals surface area contributed by atoms with E-state index in [1.807, 2.05) is 24.3 Å². The van der Waals surface area contributed by atoms with E-state index >= 15 is 0 Å². The van der Waals surface area contributed by atoms with Crippen molar-refractivity contribution in [1.82, 2.24) is 0 Å². The number of hydrogen-bond acceptors (Lipinski definition) is 1. The summed E-state index contributed by atoms with van der Waals surface area (Å²) in [6, 6.07) is 7.95. The molecular weight excluding hydrogens is 288 g/mol. The van der Waals surface area contributed by atoms with Crippen molar-refractivity contribution in [1.29, 1.82) is 0 Å². The lowest BCUT2D eigenvalue weighted by molar-refractivity contribution is -0.119. The second-order valence-electron chi connectivity index (χ2n) is 6.38. The van der Waals surface area contributed by atoms with Crippen LogP contribution in [0.3, 0.4) is 0 Å². The van der Waals surface area contributed by atoms with Crippen molar-refractivity contribution in [3.8, 4) is 0 Å². The fourth-order valence-corrected chi connectivity index (χ4v) is 2.86. The molecule has 100 valence electrons. The summed E-state index contributed by atoms with van der Waals surface area (Å²) < 4.78 is 1.03. The van der Waals surface area contributed by atoms with Crippen LogP contribution < -0.4 is 0 Å². The molecule has 0 aliphatic rings. The number of carbonyl (C=O) groups excluding carboxylic acids is 1. The van der Waals surface area contributed by atoms with Crippen LogP contribution in [-0.2, 0) is 11.2 Å². The molecule has 1 unspecified atom stereocenters. The van der Waals surface area contributed by atoms with Gasteiger partial charge in [-0.3, -0.25) is 4.79 Å². The Labute approximate surface area is 119 Å². The molecule has 0 saturated carbocycles. The molecule has 0 aliphatic carbocycles. The molecule has 0 N–H and O–H groups in total. The molecule has 1 aromatic rings. The monoisotopic (exact) mass is 310 g/mol. The first kappa shape index (κ1) is 15.4. The van der Waals surface area contributed by atoms with Gasteiger partial charge in [0.15, 0.2) is 0 Å². The van der Waals surface area contributed by atoms with Crippen molar-refractivity contribution in [2.75, 3.05) is 0 Å². The van der Waals surface area contributed by atoms with Gasteiger partial charge < -0.3 is 0 Å². The van der Waals surface area contributed by atoms with Crippen molar-refractivity contribution in [3.05, 3.63) is 34.3 Å². The number of benzene rings is 1. The minimum atomic E-state index is 0.299. The van der Waals surface area contributed by atoms with Gasteiger partial charge in [0.1, 0.15) is 5.78 Å². The topological polar surface area (TPSA) is 17.1 Å². The summed E-state index contributed by atoms with van der Waals surface area (Å²) >= 11 is 3.49. The molecular formula is C16H23BrO. The predicted molar refractivity (Wildman–Crippen MR) is 80.7 cm³/mol. The van der Waals surface area contributed by atoms with Crippen LogP contribution in [0.25, 0.3) is 0 Å². The second kappa shape index (κ2) is 6.51. The molecule has 1 atom stereocenters. The zero-order valence-corrected chi connectivity index (χ0v) is 13.4. The fraction of sp³-hybridized carbons (Fsp3) is 0.562. The smallest absolute Gasteiger partial charge is 0.137 e. The van der Waals surface area contributed by atoms with E-state index in [1.165, 1.54) is 0 Å². The highest BCUT2D eigenvalue weighted by Gasteiger charge is 2.18. The number of ketones is 1. The van der Waals surface area contributed by atoms with Crippen molar-refractivity contribution in [2.45, 2.75) is 47.0 Å². The molecule has 0 spiro atoms. The summed E-state index contributed by atoms with van der Waals surface area (Å²) in [6.45, 7) is 8.84. The molecule has 0 aromatic heterocycles. The Morgan fingerprint density at radius 3 is 2.44 bits per heavy atom. The zero-order valence-electron chi connectivity index (χ0n) is 11.8. The summed E-state index contributed by atoms with van der Waals surface area (Å²) in [6.07, 6.45) is 2.31.